The number of fused-ring (bicyclic) bond motifs is 1. The molecule has 0 spiro atoms. The van der Waals surface area contributed by atoms with Gasteiger partial charge in [-0.25, -0.2) is 0 Å². The van der Waals surface area contributed by atoms with E-state index in [0.717, 1.165) is 16.9 Å². The molecular weight excluding hydrogens is 505 g/mol. The number of rotatable bonds is 5. The summed E-state index contributed by atoms with van der Waals surface area (Å²) in [5.41, 5.74) is 2.53. The Kier molecular flexibility index (Phi) is 6.61. The van der Waals surface area contributed by atoms with Crippen molar-refractivity contribution in [1.29, 1.82) is 0 Å². The second kappa shape index (κ2) is 9.80. The molecule has 7 heteroatoms. The Labute approximate surface area is 216 Å². The maximum absolute atomic E-state index is 13.0. The number of hydrogen-bond acceptors (Lipinski definition) is 4. The van der Waals surface area contributed by atoms with E-state index in [4.69, 9.17) is 40.2 Å². The molecule has 34 heavy (non-hydrogen) atoms. The minimum Gasteiger partial charge on any atom is -0.489 e. The SMILES string of the molecule is O=C1/C(=C/c2ccc(OCc3cccc4ccccc34)cc2)SC(=S)N1c1ccc(Cl)cc1Cl. The van der Waals surface area contributed by atoms with Crippen molar-refractivity contribution in [3.8, 4) is 5.75 Å². The molecule has 1 amide bonds. The Hall–Kier alpha value is -2.83. The van der Waals surface area contributed by atoms with Gasteiger partial charge in [-0.3, -0.25) is 9.69 Å². The zero-order chi connectivity index (χ0) is 23.7. The minimum absolute atomic E-state index is 0.212. The zero-order valence-electron chi connectivity index (χ0n) is 17.7. The number of hydrogen-bond donors (Lipinski definition) is 0. The molecule has 1 heterocycles. The van der Waals surface area contributed by atoms with Crippen LogP contribution in [0, 0.1) is 0 Å². The molecule has 0 N–H and O–H groups in total. The normalized spacial score (nSPS) is 14.9. The second-order valence-electron chi connectivity index (χ2n) is 7.61. The van der Waals surface area contributed by atoms with Crippen LogP contribution in [0.4, 0.5) is 5.69 Å². The molecule has 4 aromatic carbocycles. The quantitative estimate of drug-likeness (QED) is 0.196. The van der Waals surface area contributed by atoms with Gasteiger partial charge in [0, 0.05) is 5.02 Å². The minimum atomic E-state index is -0.212. The third-order valence-electron chi connectivity index (χ3n) is 5.40. The monoisotopic (exact) mass is 521 g/mol. The van der Waals surface area contributed by atoms with Crippen molar-refractivity contribution in [2.45, 2.75) is 6.61 Å². The molecule has 1 fully saturated rings. The van der Waals surface area contributed by atoms with E-state index in [-0.39, 0.29) is 5.91 Å². The highest BCUT2D eigenvalue weighted by Crippen LogP contribution is 2.39. The summed E-state index contributed by atoms with van der Waals surface area (Å²) in [7, 11) is 0. The second-order valence-corrected chi connectivity index (χ2v) is 10.1. The Morgan fingerprint density at radius 3 is 2.50 bits per heavy atom. The summed E-state index contributed by atoms with van der Waals surface area (Å²) >= 11 is 19.0. The van der Waals surface area contributed by atoms with Crippen molar-refractivity contribution in [3.05, 3.63) is 111 Å². The van der Waals surface area contributed by atoms with Crippen LogP contribution >= 0.6 is 47.2 Å². The molecule has 3 nitrogen and oxygen atoms in total. The van der Waals surface area contributed by atoms with Gasteiger partial charge in [-0.2, -0.15) is 0 Å². The number of nitrogens with zero attached hydrogens (tertiary/aromatic N) is 1. The standard InChI is InChI=1S/C27H17Cl2NO2S2/c28-20-10-13-24(23(29)15-20)30-26(31)25(34-27(30)33)14-17-8-11-21(12-9-17)32-16-19-6-3-5-18-4-1-2-7-22(18)19/h1-15H,16H2/b25-14-. The van der Waals surface area contributed by atoms with Gasteiger partial charge in [-0.15, -0.1) is 0 Å². The highest BCUT2D eigenvalue weighted by atomic mass is 35.5. The van der Waals surface area contributed by atoms with Crippen molar-refractivity contribution in [2.75, 3.05) is 4.90 Å². The van der Waals surface area contributed by atoms with E-state index in [1.54, 1.807) is 18.2 Å². The van der Waals surface area contributed by atoms with E-state index < -0.39 is 0 Å². The number of thiocarbonyl (C=S) groups is 1. The van der Waals surface area contributed by atoms with Gasteiger partial charge in [0.15, 0.2) is 4.32 Å². The molecule has 5 rings (SSSR count). The maximum Gasteiger partial charge on any atom is 0.270 e. The lowest BCUT2D eigenvalue weighted by Crippen LogP contribution is -2.27. The average molecular weight is 522 g/mol. The number of carbonyl (C=O) groups excluding carboxylic acids is 1. The lowest BCUT2D eigenvalue weighted by atomic mass is 10.1. The smallest absolute Gasteiger partial charge is 0.270 e. The van der Waals surface area contributed by atoms with Gasteiger partial charge in [-0.1, -0.05) is 102 Å². The van der Waals surface area contributed by atoms with Crippen molar-refractivity contribution >= 4 is 79.9 Å². The molecule has 0 aliphatic carbocycles. The first-order valence-corrected chi connectivity index (χ1v) is 12.4. The summed E-state index contributed by atoms with van der Waals surface area (Å²) in [4.78, 5) is 15.0. The van der Waals surface area contributed by atoms with Crippen molar-refractivity contribution in [1.82, 2.24) is 0 Å². The Morgan fingerprint density at radius 2 is 1.71 bits per heavy atom. The number of carbonyl (C=O) groups is 1. The van der Waals surface area contributed by atoms with Crippen LogP contribution in [0.2, 0.25) is 10.0 Å². The number of ether oxygens (including phenoxy) is 1. The van der Waals surface area contributed by atoms with Crippen LogP contribution in [0.15, 0.2) is 89.8 Å². The Bertz CT molecular complexity index is 1450. The summed E-state index contributed by atoms with van der Waals surface area (Å²) in [6.45, 7) is 0.473. The van der Waals surface area contributed by atoms with Crippen LogP contribution in [0.5, 0.6) is 5.75 Å². The molecule has 0 radical (unpaired) electrons. The molecule has 0 saturated carbocycles. The van der Waals surface area contributed by atoms with Gasteiger partial charge < -0.3 is 4.74 Å². The summed E-state index contributed by atoms with van der Waals surface area (Å²) in [5.74, 6) is 0.543. The van der Waals surface area contributed by atoms with Crippen LogP contribution in [-0.4, -0.2) is 10.2 Å². The Balaban J connectivity index is 1.30. The average Bonchev–Trinajstić information content (AvgIpc) is 3.11. The van der Waals surface area contributed by atoms with E-state index in [0.29, 0.717) is 31.6 Å². The van der Waals surface area contributed by atoms with Crippen LogP contribution in [0.25, 0.3) is 16.8 Å². The maximum atomic E-state index is 13.0. The predicted molar refractivity (Wildman–Crippen MR) is 147 cm³/mol. The molecule has 1 aliphatic heterocycles. The fraction of sp³-hybridized carbons (Fsp3) is 0.0370. The molecule has 168 valence electrons. The lowest BCUT2D eigenvalue weighted by Gasteiger charge is -2.16. The molecule has 1 saturated heterocycles. The lowest BCUT2D eigenvalue weighted by molar-refractivity contribution is -0.113. The van der Waals surface area contributed by atoms with E-state index >= 15 is 0 Å². The van der Waals surface area contributed by atoms with Crippen molar-refractivity contribution < 1.29 is 9.53 Å². The number of amides is 1. The molecule has 4 aromatic rings. The third-order valence-corrected chi connectivity index (χ3v) is 7.24. The molecule has 0 bridgehead atoms. The van der Waals surface area contributed by atoms with E-state index in [9.17, 15) is 4.79 Å². The van der Waals surface area contributed by atoms with Crippen LogP contribution in [0.1, 0.15) is 11.1 Å². The molecule has 0 atom stereocenters. The highest BCUT2D eigenvalue weighted by molar-refractivity contribution is 8.27. The van der Waals surface area contributed by atoms with Gasteiger partial charge in [0.1, 0.15) is 12.4 Å². The number of halogens is 2. The molecule has 0 aromatic heterocycles. The first-order valence-electron chi connectivity index (χ1n) is 10.4. The number of benzene rings is 4. The fourth-order valence-corrected chi connectivity index (χ4v) is 5.51. The summed E-state index contributed by atoms with van der Waals surface area (Å²) in [5, 5.41) is 3.25. The van der Waals surface area contributed by atoms with E-state index in [1.165, 1.54) is 27.4 Å². The van der Waals surface area contributed by atoms with Gasteiger partial charge >= 0.3 is 0 Å². The van der Waals surface area contributed by atoms with Crippen LogP contribution in [0.3, 0.4) is 0 Å². The largest absolute Gasteiger partial charge is 0.489 e. The first kappa shape index (κ1) is 22.9. The van der Waals surface area contributed by atoms with Crippen LogP contribution in [-0.2, 0) is 11.4 Å². The van der Waals surface area contributed by atoms with Gasteiger partial charge in [0.05, 0.1) is 15.6 Å². The van der Waals surface area contributed by atoms with E-state index in [1.807, 2.05) is 48.5 Å². The van der Waals surface area contributed by atoms with Crippen molar-refractivity contribution in [3.63, 3.8) is 0 Å². The molecule has 1 aliphatic rings. The van der Waals surface area contributed by atoms with Crippen molar-refractivity contribution in [2.24, 2.45) is 0 Å². The zero-order valence-corrected chi connectivity index (χ0v) is 20.8. The van der Waals surface area contributed by atoms with Gasteiger partial charge in [-0.05, 0) is 58.3 Å². The third kappa shape index (κ3) is 4.70. The Morgan fingerprint density at radius 1 is 0.941 bits per heavy atom. The van der Waals surface area contributed by atoms with Gasteiger partial charge in [0.25, 0.3) is 5.91 Å². The molecular formula is C27H17Cl2NO2S2. The summed E-state index contributed by atoms with van der Waals surface area (Å²) < 4.78 is 6.44. The predicted octanol–water partition coefficient (Wildman–Crippen LogP) is 8.13. The topological polar surface area (TPSA) is 29.5 Å². The van der Waals surface area contributed by atoms with Crippen LogP contribution < -0.4 is 9.64 Å². The first-order chi connectivity index (χ1) is 16.5. The molecule has 0 unspecified atom stereocenters. The van der Waals surface area contributed by atoms with E-state index in [2.05, 4.69) is 24.3 Å². The summed E-state index contributed by atoms with van der Waals surface area (Å²) in [6.07, 6.45) is 1.82. The van der Waals surface area contributed by atoms with Gasteiger partial charge in [0.2, 0.25) is 0 Å². The number of anilines is 1. The number of thioether (sulfide) groups is 1. The fourth-order valence-electron chi connectivity index (χ4n) is 3.73. The summed E-state index contributed by atoms with van der Waals surface area (Å²) in [6, 6.07) is 27.1. The highest BCUT2D eigenvalue weighted by Gasteiger charge is 2.34.